The molecule has 2 aromatic rings. The van der Waals surface area contributed by atoms with E-state index in [0.717, 1.165) is 47.5 Å². The molecule has 2 aliphatic carbocycles. The van der Waals surface area contributed by atoms with Crippen LogP contribution in [0.3, 0.4) is 0 Å². The van der Waals surface area contributed by atoms with E-state index in [1.807, 2.05) is 6.07 Å². The first kappa shape index (κ1) is 14.5. The number of aromatic nitrogens is 1. The maximum Gasteiger partial charge on any atom is 0.227 e. The Hall–Kier alpha value is -1.84. The van der Waals surface area contributed by atoms with Gasteiger partial charge in [0.1, 0.15) is 11.5 Å². The topological polar surface area (TPSA) is 29.3 Å². The van der Waals surface area contributed by atoms with Crippen molar-refractivity contribution in [2.75, 3.05) is 18.0 Å². The van der Waals surface area contributed by atoms with Crippen LogP contribution in [0.2, 0.25) is 0 Å². The molecular weight excluding hydrogens is 303 g/mol. The number of hydrogen-bond donors (Lipinski definition) is 0. The second-order valence-corrected chi connectivity index (χ2v) is 7.83. The molecule has 2 saturated carbocycles. The Morgan fingerprint density at radius 1 is 1.00 bits per heavy atom. The zero-order valence-corrected chi connectivity index (χ0v) is 13.9. The molecule has 1 saturated heterocycles. The molecule has 0 amide bonds. The van der Waals surface area contributed by atoms with Gasteiger partial charge in [-0.3, -0.25) is 0 Å². The minimum absolute atomic E-state index is 0.228. The lowest BCUT2D eigenvalue weighted by atomic mass is 9.42. The molecule has 0 radical (unpaired) electrons. The largest absolute Gasteiger partial charge is 0.341 e. The summed E-state index contributed by atoms with van der Waals surface area (Å²) in [5.41, 5.74) is 2.41. The molecular formula is C20H23FN2O. The van der Waals surface area contributed by atoms with Crippen molar-refractivity contribution in [2.45, 2.75) is 38.5 Å². The van der Waals surface area contributed by atoms with Crippen LogP contribution in [0, 0.1) is 23.1 Å². The summed E-state index contributed by atoms with van der Waals surface area (Å²) in [6.07, 6.45) is 8.46. The third-order valence-corrected chi connectivity index (χ3v) is 6.99. The average molecular weight is 326 g/mol. The lowest BCUT2D eigenvalue weighted by Gasteiger charge is -2.64. The lowest BCUT2D eigenvalue weighted by Crippen LogP contribution is -2.56. The van der Waals surface area contributed by atoms with Gasteiger partial charge in [-0.1, -0.05) is 5.16 Å². The highest BCUT2D eigenvalue weighted by Gasteiger charge is 2.57. The summed E-state index contributed by atoms with van der Waals surface area (Å²) in [6, 6.07) is 8.40. The van der Waals surface area contributed by atoms with E-state index in [1.165, 1.54) is 50.7 Å². The predicted molar refractivity (Wildman–Crippen MR) is 91.2 cm³/mol. The minimum Gasteiger partial charge on any atom is -0.341 e. The van der Waals surface area contributed by atoms with E-state index in [4.69, 9.17) is 4.52 Å². The van der Waals surface area contributed by atoms with E-state index >= 15 is 0 Å². The number of hydrogen-bond acceptors (Lipinski definition) is 3. The van der Waals surface area contributed by atoms with E-state index in [2.05, 4.69) is 10.1 Å². The smallest absolute Gasteiger partial charge is 0.227 e. The van der Waals surface area contributed by atoms with Gasteiger partial charge in [0.05, 0.1) is 0 Å². The van der Waals surface area contributed by atoms with Crippen molar-refractivity contribution >= 4 is 5.88 Å². The fourth-order valence-corrected chi connectivity index (χ4v) is 5.30. The van der Waals surface area contributed by atoms with Crippen LogP contribution in [-0.2, 0) is 0 Å². The predicted octanol–water partition coefficient (Wildman–Crippen LogP) is 4.89. The third kappa shape index (κ3) is 2.11. The standard InChI is InChI=1S/C20H23FN2O/c21-17-3-1-14(2-4-17)18-13-19(24-22-18)23-11-7-16(8-12-23)20-9-5-15(20)6-10-20/h1-4,13,15-16H,5-12H2. The van der Waals surface area contributed by atoms with Gasteiger partial charge in [0.25, 0.3) is 0 Å². The van der Waals surface area contributed by atoms with Crippen LogP contribution in [0.15, 0.2) is 34.9 Å². The summed E-state index contributed by atoms with van der Waals surface area (Å²) in [7, 11) is 0. The first-order valence-electron chi connectivity index (χ1n) is 9.22. The monoisotopic (exact) mass is 326 g/mol. The molecule has 0 spiro atoms. The van der Waals surface area contributed by atoms with E-state index < -0.39 is 0 Å². The van der Waals surface area contributed by atoms with Crippen LogP contribution in [-0.4, -0.2) is 18.2 Å². The summed E-state index contributed by atoms with van der Waals surface area (Å²) in [6.45, 7) is 2.13. The van der Waals surface area contributed by atoms with Crippen LogP contribution in [0.4, 0.5) is 10.3 Å². The summed E-state index contributed by atoms with van der Waals surface area (Å²) in [4.78, 5) is 2.32. The van der Waals surface area contributed by atoms with Crippen LogP contribution in [0.5, 0.6) is 0 Å². The minimum atomic E-state index is -0.228. The number of piperidine rings is 1. The Bertz CT molecular complexity index is 722. The van der Waals surface area contributed by atoms with Gasteiger partial charge in [-0.25, -0.2) is 4.39 Å². The first-order valence-corrected chi connectivity index (χ1v) is 9.22. The second kappa shape index (κ2) is 5.33. The van der Waals surface area contributed by atoms with Crippen molar-refractivity contribution in [1.82, 2.24) is 5.16 Å². The van der Waals surface area contributed by atoms with E-state index in [1.54, 1.807) is 12.1 Å². The maximum absolute atomic E-state index is 13.0. The first-order chi connectivity index (χ1) is 11.7. The molecule has 1 aromatic carbocycles. The quantitative estimate of drug-likeness (QED) is 0.804. The highest BCUT2D eigenvalue weighted by atomic mass is 19.1. The highest BCUT2D eigenvalue weighted by molar-refractivity contribution is 5.62. The van der Waals surface area contributed by atoms with Crippen LogP contribution in [0.1, 0.15) is 38.5 Å². The van der Waals surface area contributed by atoms with Gasteiger partial charge in [0, 0.05) is 24.7 Å². The van der Waals surface area contributed by atoms with Gasteiger partial charge < -0.3 is 9.42 Å². The van der Waals surface area contributed by atoms with Crippen molar-refractivity contribution < 1.29 is 8.91 Å². The average Bonchev–Trinajstić information content (AvgIpc) is 3.09. The normalized spacial score (nSPS) is 29.7. The summed E-state index contributed by atoms with van der Waals surface area (Å²) in [5.74, 6) is 2.59. The van der Waals surface area contributed by atoms with Gasteiger partial charge in [-0.05, 0) is 80.0 Å². The number of benzene rings is 1. The molecule has 1 aliphatic heterocycles. The van der Waals surface area contributed by atoms with Gasteiger partial charge >= 0.3 is 0 Å². The molecule has 24 heavy (non-hydrogen) atoms. The molecule has 3 fully saturated rings. The van der Waals surface area contributed by atoms with Crippen molar-refractivity contribution in [1.29, 1.82) is 0 Å². The van der Waals surface area contributed by atoms with Crippen molar-refractivity contribution in [3.63, 3.8) is 0 Å². The Morgan fingerprint density at radius 3 is 2.25 bits per heavy atom. The molecule has 5 rings (SSSR count). The molecule has 2 heterocycles. The fraction of sp³-hybridized carbons (Fsp3) is 0.550. The Balaban J connectivity index is 1.26. The van der Waals surface area contributed by atoms with Crippen LogP contribution >= 0.6 is 0 Å². The summed E-state index contributed by atoms with van der Waals surface area (Å²) in [5, 5.41) is 4.17. The number of fused-ring (bicyclic) bond motifs is 1. The Kier molecular flexibility index (Phi) is 3.22. The summed E-state index contributed by atoms with van der Waals surface area (Å²) < 4.78 is 18.6. The molecule has 3 nitrogen and oxygen atoms in total. The van der Waals surface area contributed by atoms with Crippen LogP contribution in [0.25, 0.3) is 11.3 Å². The fourth-order valence-electron chi connectivity index (χ4n) is 5.30. The molecule has 3 aliphatic rings. The molecule has 0 N–H and O–H groups in total. The van der Waals surface area contributed by atoms with Crippen molar-refractivity contribution in [2.24, 2.45) is 17.3 Å². The van der Waals surface area contributed by atoms with E-state index in [0.29, 0.717) is 0 Å². The Labute approximate surface area is 141 Å². The Morgan fingerprint density at radius 2 is 1.67 bits per heavy atom. The van der Waals surface area contributed by atoms with Gasteiger partial charge in [0.15, 0.2) is 0 Å². The molecule has 0 unspecified atom stereocenters. The number of nitrogens with zero attached hydrogens (tertiary/aromatic N) is 2. The number of halogens is 1. The second-order valence-electron chi connectivity index (χ2n) is 7.83. The number of rotatable bonds is 3. The van der Waals surface area contributed by atoms with Crippen molar-refractivity contribution in [3.8, 4) is 11.3 Å². The SMILES string of the molecule is Fc1ccc(-c2cc(N3CCC(C45CCC4CC5)CC3)on2)cc1. The van der Waals surface area contributed by atoms with Gasteiger partial charge in [-0.2, -0.15) is 0 Å². The zero-order valence-electron chi connectivity index (χ0n) is 13.9. The highest BCUT2D eigenvalue weighted by Crippen LogP contribution is 2.66. The van der Waals surface area contributed by atoms with Crippen molar-refractivity contribution in [3.05, 3.63) is 36.1 Å². The van der Waals surface area contributed by atoms with E-state index in [9.17, 15) is 4.39 Å². The molecule has 4 heteroatoms. The molecule has 0 atom stereocenters. The summed E-state index contributed by atoms with van der Waals surface area (Å²) >= 11 is 0. The maximum atomic E-state index is 13.0. The molecule has 0 bridgehead atoms. The van der Waals surface area contributed by atoms with Crippen LogP contribution < -0.4 is 4.90 Å². The van der Waals surface area contributed by atoms with Gasteiger partial charge in [-0.15, -0.1) is 0 Å². The van der Waals surface area contributed by atoms with E-state index in [-0.39, 0.29) is 5.82 Å². The van der Waals surface area contributed by atoms with Gasteiger partial charge in [0.2, 0.25) is 5.88 Å². The lowest BCUT2D eigenvalue weighted by molar-refractivity contribution is -0.129. The molecule has 126 valence electrons. The molecule has 1 aromatic heterocycles. The zero-order chi connectivity index (χ0) is 16.1. The third-order valence-electron chi connectivity index (χ3n) is 6.99. The number of anilines is 1.